The standard InChI is InChI=1S/C12H15ClO5S/c13-6-1-3-7(4-2-6)19-12-11(17)10(16)9(15)8(5-14)18-12/h1-4,8-12,14-17H,5H2. The van der Waals surface area contributed by atoms with Crippen LogP contribution in [0.1, 0.15) is 0 Å². The third-order valence-corrected chi connectivity index (χ3v) is 4.33. The van der Waals surface area contributed by atoms with E-state index in [-0.39, 0.29) is 0 Å². The van der Waals surface area contributed by atoms with Gasteiger partial charge in [0.2, 0.25) is 0 Å². The highest BCUT2D eigenvalue weighted by Crippen LogP contribution is 2.33. The molecule has 1 aromatic carbocycles. The summed E-state index contributed by atoms with van der Waals surface area (Å²) >= 11 is 6.97. The third kappa shape index (κ3) is 3.41. The third-order valence-electron chi connectivity index (χ3n) is 2.91. The van der Waals surface area contributed by atoms with Crippen LogP contribution in [0.2, 0.25) is 5.02 Å². The average molecular weight is 307 g/mol. The normalized spacial score (nSPS) is 35.3. The van der Waals surface area contributed by atoms with Crippen LogP contribution >= 0.6 is 23.4 Å². The Morgan fingerprint density at radius 3 is 2.26 bits per heavy atom. The van der Waals surface area contributed by atoms with Crippen molar-refractivity contribution >= 4 is 23.4 Å². The van der Waals surface area contributed by atoms with Gasteiger partial charge in [-0.2, -0.15) is 0 Å². The quantitative estimate of drug-likeness (QED) is 0.639. The zero-order chi connectivity index (χ0) is 14.0. The molecule has 4 N–H and O–H groups in total. The molecule has 1 saturated heterocycles. The SMILES string of the molecule is OCC1OC(Sc2ccc(Cl)cc2)C(O)C(O)C1O. The number of halogens is 1. The zero-order valence-corrected chi connectivity index (χ0v) is 11.5. The number of ether oxygens (including phenoxy) is 1. The van der Waals surface area contributed by atoms with Gasteiger partial charge in [-0.25, -0.2) is 0 Å². The highest BCUT2D eigenvalue weighted by atomic mass is 35.5. The fourth-order valence-corrected chi connectivity index (χ4v) is 3.00. The molecule has 1 aliphatic rings. The number of hydrogen-bond donors (Lipinski definition) is 4. The van der Waals surface area contributed by atoms with Crippen LogP contribution < -0.4 is 0 Å². The monoisotopic (exact) mass is 306 g/mol. The Bertz CT molecular complexity index is 413. The lowest BCUT2D eigenvalue weighted by Crippen LogP contribution is -2.57. The van der Waals surface area contributed by atoms with E-state index in [2.05, 4.69) is 0 Å². The number of benzene rings is 1. The summed E-state index contributed by atoms with van der Waals surface area (Å²) in [6.45, 7) is -0.428. The topological polar surface area (TPSA) is 90.2 Å². The first kappa shape index (κ1) is 15.1. The first-order valence-electron chi connectivity index (χ1n) is 5.75. The Hall–Kier alpha value is -0.340. The molecule has 0 aliphatic carbocycles. The van der Waals surface area contributed by atoms with Crippen LogP contribution in [0.5, 0.6) is 0 Å². The summed E-state index contributed by atoms with van der Waals surface area (Å²) in [5, 5.41) is 38.9. The molecule has 5 unspecified atom stereocenters. The molecule has 0 radical (unpaired) electrons. The van der Waals surface area contributed by atoms with Gasteiger partial charge in [0, 0.05) is 9.92 Å². The van der Waals surface area contributed by atoms with E-state index < -0.39 is 36.5 Å². The highest BCUT2D eigenvalue weighted by Gasteiger charge is 2.43. The van der Waals surface area contributed by atoms with Crippen LogP contribution in [-0.2, 0) is 4.74 Å². The smallest absolute Gasteiger partial charge is 0.136 e. The van der Waals surface area contributed by atoms with Gasteiger partial charge in [-0.1, -0.05) is 23.4 Å². The molecule has 1 aromatic rings. The fraction of sp³-hybridized carbons (Fsp3) is 0.500. The molecule has 106 valence electrons. The lowest BCUT2D eigenvalue weighted by molar-refractivity contribution is -0.205. The van der Waals surface area contributed by atoms with E-state index in [1.807, 2.05) is 0 Å². The molecular formula is C12H15ClO5S. The van der Waals surface area contributed by atoms with Gasteiger partial charge in [-0.15, -0.1) is 0 Å². The van der Waals surface area contributed by atoms with E-state index in [4.69, 9.17) is 21.4 Å². The molecule has 0 aromatic heterocycles. The van der Waals surface area contributed by atoms with Crippen molar-refractivity contribution in [1.29, 1.82) is 0 Å². The largest absolute Gasteiger partial charge is 0.394 e. The molecule has 1 heterocycles. The number of rotatable bonds is 3. The first-order valence-corrected chi connectivity index (χ1v) is 7.01. The van der Waals surface area contributed by atoms with Crippen LogP contribution in [0.15, 0.2) is 29.2 Å². The van der Waals surface area contributed by atoms with E-state index in [9.17, 15) is 15.3 Å². The van der Waals surface area contributed by atoms with Gasteiger partial charge in [-0.05, 0) is 24.3 Å². The molecule has 0 spiro atoms. The van der Waals surface area contributed by atoms with Gasteiger partial charge in [0.05, 0.1) is 6.61 Å². The fourth-order valence-electron chi connectivity index (χ4n) is 1.81. The Kier molecular flexibility index (Phi) is 5.08. The Balaban J connectivity index is 2.08. The minimum atomic E-state index is -1.35. The van der Waals surface area contributed by atoms with Crippen molar-refractivity contribution in [3.8, 4) is 0 Å². The maximum Gasteiger partial charge on any atom is 0.136 e. The van der Waals surface area contributed by atoms with Crippen molar-refractivity contribution in [2.45, 2.75) is 34.7 Å². The molecule has 5 atom stereocenters. The molecule has 5 nitrogen and oxygen atoms in total. The summed E-state index contributed by atoms with van der Waals surface area (Å²) in [5.41, 5.74) is -0.767. The predicted molar refractivity (Wildman–Crippen MR) is 71.1 cm³/mol. The molecule has 2 rings (SSSR count). The molecule has 7 heteroatoms. The van der Waals surface area contributed by atoms with Crippen LogP contribution in [0.25, 0.3) is 0 Å². The van der Waals surface area contributed by atoms with Crippen molar-refractivity contribution < 1.29 is 25.2 Å². The number of hydrogen-bond acceptors (Lipinski definition) is 6. The second-order valence-electron chi connectivity index (χ2n) is 4.27. The minimum Gasteiger partial charge on any atom is -0.394 e. The van der Waals surface area contributed by atoms with E-state index >= 15 is 0 Å². The number of aliphatic hydroxyl groups excluding tert-OH is 4. The van der Waals surface area contributed by atoms with Crippen molar-refractivity contribution in [1.82, 2.24) is 0 Å². The Morgan fingerprint density at radius 1 is 1.05 bits per heavy atom. The van der Waals surface area contributed by atoms with Crippen LogP contribution in [0.4, 0.5) is 0 Å². The van der Waals surface area contributed by atoms with Crippen molar-refractivity contribution in [3.63, 3.8) is 0 Å². The summed E-state index contributed by atoms with van der Waals surface area (Å²) in [6.07, 6.45) is -4.81. The van der Waals surface area contributed by atoms with Gasteiger partial charge in [0.15, 0.2) is 0 Å². The van der Waals surface area contributed by atoms with Gasteiger partial charge < -0.3 is 25.2 Å². The maximum atomic E-state index is 9.87. The predicted octanol–water partition coefficient (Wildman–Crippen LogP) is 0.232. The van der Waals surface area contributed by atoms with Crippen molar-refractivity contribution in [2.24, 2.45) is 0 Å². The summed E-state index contributed by atoms with van der Waals surface area (Å²) in [6, 6.07) is 6.92. The molecular weight excluding hydrogens is 292 g/mol. The van der Waals surface area contributed by atoms with E-state index in [0.717, 1.165) is 4.90 Å². The van der Waals surface area contributed by atoms with Crippen molar-refractivity contribution in [3.05, 3.63) is 29.3 Å². The molecule has 0 bridgehead atoms. The van der Waals surface area contributed by atoms with Crippen LogP contribution in [0.3, 0.4) is 0 Å². The van der Waals surface area contributed by atoms with Gasteiger partial charge >= 0.3 is 0 Å². The van der Waals surface area contributed by atoms with E-state index in [1.165, 1.54) is 11.8 Å². The van der Waals surface area contributed by atoms with Gasteiger partial charge in [0.25, 0.3) is 0 Å². The second-order valence-corrected chi connectivity index (χ2v) is 5.88. The lowest BCUT2D eigenvalue weighted by Gasteiger charge is -2.39. The summed E-state index contributed by atoms with van der Waals surface area (Å²) in [5.74, 6) is 0. The summed E-state index contributed by atoms with van der Waals surface area (Å²) < 4.78 is 5.38. The van der Waals surface area contributed by atoms with Gasteiger partial charge in [-0.3, -0.25) is 0 Å². The first-order chi connectivity index (χ1) is 9.02. The van der Waals surface area contributed by atoms with Crippen molar-refractivity contribution in [2.75, 3.05) is 6.61 Å². The molecule has 19 heavy (non-hydrogen) atoms. The molecule has 0 saturated carbocycles. The number of thioether (sulfide) groups is 1. The Morgan fingerprint density at radius 2 is 1.68 bits per heavy atom. The second kappa shape index (κ2) is 6.41. The average Bonchev–Trinajstić information content (AvgIpc) is 2.42. The van der Waals surface area contributed by atoms with Gasteiger partial charge in [0.1, 0.15) is 29.9 Å². The zero-order valence-electron chi connectivity index (χ0n) is 9.89. The Labute approximate surface area is 119 Å². The number of aliphatic hydroxyl groups is 4. The van der Waals surface area contributed by atoms with E-state index in [1.54, 1.807) is 24.3 Å². The molecule has 0 amide bonds. The van der Waals surface area contributed by atoms with Crippen LogP contribution in [-0.4, -0.2) is 56.9 Å². The molecule has 1 fully saturated rings. The van der Waals surface area contributed by atoms with Crippen LogP contribution in [0, 0.1) is 0 Å². The summed E-state index contributed by atoms with van der Waals surface area (Å²) in [4.78, 5) is 0.800. The minimum absolute atomic E-state index is 0.428. The summed E-state index contributed by atoms with van der Waals surface area (Å²) in [7, 11) is 0. The highest BCUT2D eigenvalue weighted by molar-refractivity contribution is 7.99. The maximum absolute atomic E-state index is 9.87. The lowest BCUT2D eigenvalue weighted by atomic mass is 10.0. The van der Waals surface area contributed by atoms with E-state index in [0.29, 0.717) is 5.02 Å². The molecule has 1 aliphatic heterocycles.